The van der Waals surface area contributed by atoms with Crippen molar-refractivity contribution < 1.29 is 0 Å². The highest BCUT2D eigenvalue weighted by Crippen LogP contribution is 2.27. The molecule has 3 aromatic heterocycles. The summed E-state index contributed by atoms with van der Waals surface area (Å²) in [4.78, 5) is 18.1. The highest BCUT2D eigenvalue weighted by molar-refractivity contribution is 5.70. The van der Waals surface area contributed by atoms with E-state index in [1.54, 1.807) is 0 Å². The molecule has 7 heteroatoms. The zero-order valence-corrected chi connectivity index (χ0v) is 15.8. The maximum absolute atomic E-state index is 4.73. The van der Waals surface area contributed by atoms with E-state index in [0.717, 1.165) is 54.7 Å². The zero-order chi connectivity index (χ0) is 18.3. The van der Waals surface area contributed by atoms with Crippen molar-refractivity contribution in [3.63, 3.8) is 0 Å². The third kappa shape index (κ3) is 3.09. The molecule has 0 unspecified atom stereocenters. The SMILES string of the molecule is Cc1cnc(N2CCN(c3nccn4nc(C(C)(C)C)cc34)CC2)nc1. The van der Waals surface area contributed by atoms with E-state index >= 15 is 0 Å². The second-order valence-electron chi connectivity index (χ2n) is 7.89. The normalized spacial score (nSPS) is 15.7. The Bertz CT molecular complexity index is 900. The van der Waals surface area contributed by atoms with Crippen molar-refractivity contribution in [3.05, 3.63) is 42.1 Å². The van der Waals surface area contributed by atoms with Crippen LogP contribution in [0.3, 0.4) is 0 Å². The van der Waals surface area contributed by atoms with Gasteiger partial charge in [0.25, 0.3) is 0 Å². The van der Waals surface area contributed by atoms with E-state index in [0.29, 0.717) is 0 Å². The number of fused-ring (bicyclic) bond motifs is 1. The second-order valence-corrected chi connectivity index (χ2v) is 7.89. The highest BCUT2D eigenvalue weighted by Gasteiger charge is 2.24. The van der Waals surface area contributed by atoms with Crippen LogP contribution in [0.2, 0.25) is 0 Å². The molecular weight excluding hydrogens is 326 g/mol. The summed E-state index contributed by atoms with van der Waals surface area (Å²) in [6.45, 7) is 12.1. The van der Waals surface area contributed by atoms with Gasteiger partial charge in [-0.2, -0.15) is 5.10 Å². The van der Waals surface area contributed by atoms with Crippen molar-refractivity contribution in [2.45, 2.75) is 33.1 Å². The largest absolute Gasteiger partial charge is 0.351 e. The Labute approximate surface area is 153 Å². The maximum Gasteiger partial charge on any atom is 0.225 e. The van der Waals surface area contributed by atoms with Crippen LogP contribution in [-0.4, -0.2) is 50.7 Å². The third-order valence-corrected chi connectivity index (χ3v) is 4.77. The van der Waals surface area contributed by atoms with Gasteiger partial charge in [0, 0.05) is 56.4 Å². The molecule has 0 spiro atoms. The molecule has 7 nitrogen and oxygen atoms in total. The van der Waals surface area contributed by atoms with E-state index in [2.05, 4.69) is 51.6 Å². The first-order valence-corrected chi connectivity index (χ1v) is 9.05. The summed E-state index contributed by atoms with van der Waals surface area (Å²) >= 11 is 0. The van der Waals surface area contributed by atoms with Crippen LogP contribution < -0.4 is 9.80 Å². The quantitative estimate of drug-likeness (QED) is 0.707. The van der Waals surface area contributed by atoms with Gasteiger partial charge in [-0.1, -0.05) is 20.8 Å². The molecule has 0 N–H and O–H groups in total. The van der Waals surface area contributed by atoms with Crippen LogP contribution in [0.4, 0.5) is 11.8 Å². The average Bonchev–Trinajstić information content (AvgIpc) is 3.07. The Balaban J connectivity index is 1.56. The fourth-order valence-electron chi connectivity index (χ4n) is 3.19. The number of rotatable bonds is 2. The molecule has 0 aliphatic carbocycles. The second kappa shape index (κ2) is 6.23. The number of aromatic nitrogens is 5. The van der Waals surface area contributed by atoms with Crippen LogP contribution in [0.1, 0.15) is 32.0 Å². The van der Waals surface area contributed by atoms with E-state index in [9.17, 15) is 0 Å². The smallest absolute Gasteiger partial charge is 0.225 e. The van der Waals surface area contributed by atoms with Gasteiger partial charge in [-0.15, -0.1) is 0 Å². The number of aryl methyl sites for hydroxylation is 1. The Morgan fingerprint density at radius 1 is 0.923 bits per heavy atom. The van der Waals surface area contributed by atoms with Crippen LogP contribution in [-0.2, 0) is 5.41 Å². The van der Waals surface area contributed by atoms with E-state index in [1.807, 2.05) is 36.2 Å². The topological polar surface area (TPSA) is 62.5 Å². The molecule has 1 aliphatic heterocycles. The van der Waals surface area contributed by atoms with E-state index < -0.39 is 0 Å². The summed E-state index contributed by atoms with van der Waals surface area (Å²) in [6.07, 6.45) is 7.50. The molecule has 1 saturated heterocycles. The minimum absolute atomic E-state index is 0.0186. The van der Waals surface area contributed by atoms with Crippen LogP contribution in [0.5, 0.6) is 0 Å². The van der Waals surface area contributed by atoms with Crippen molar-refractivity contribution in [2.24, 2.45) is 0 Å². The molecule has 0 radical (unpaired) electrons. The minimum Gasteiger partial charge on any atom is -0.351 e. The van der Waals surface area contributed by atoms with Gasteiger partial charge in [0.1, 0.15) is 5.52 Å². The third-order valence-electron chi connectivity index (χ3n) is 4.77. The molecule has 136 valence electrons. The predicted molar refractivity (Wildman–Crippen MR) is 103 cm³/mol. The van der Waals surface area contributed by atoms with Gasteiger partial charge in [-0.05, 0) is 18.6 Å². The van der Waals surface area contributed by atoms with E-state index in [-0.39, 0.29) is 5.41 Å². The highest BCUT2D eigenvalue weighted by atomic mass is 15.3. The summed E-state index contributed by atoms with van der Waals surface area (Å²) < 4.78 is 1.94. The lowest BCUT2D eigenvalue weighted by Gasteiger charge is -2.35. The van der Waals surface area contributed by atoms with Gasteiger partial charge in [0.2, 0.25) is 5.95 Å². The monoisotopic (exact) mass is 351 g/mol. The van der Waals surface area contributed by atoms with Gasteiger partial charge >= 0.3 is 0 Å². The van der Waals surface area contributed by atoms with Gasteiger partial charge in [0.15, 0.2) is 5.82 Å². The standard InChI is InChI=1S/C19H25N7/c1-14-12-21-18(22-13-14)25-9-7-24(8-10-25)17-15-11-16(19(2,3)4)23-26(15)6-5-20-17/h5-6,11-13H,7-10H2,1-4H3. The zero-order valence-electron chi connectivity index (χ0n) is 15.8. The van der Waals surface area contributed by atoms with Gasteiger partial charge in [0.05, 0.1) is 5.69 Å². The first-order chi connectivity index (χ1) is 12.4. The molecule has 4 rings (SSSR count). The first-order valence-electron chi connectivity index (χ1n) is 9.05. The van der Waals surface area contributed by atoms with E-state index in [1.165, 1.54) is 0 Å². The lowest BCUT2D eigenvalue weighted by atomic mass is 9.92. The minimum atomic E-state index is 0.0186. The van der Waals surface area contributed by atoms with Crippen molar-refractivity contribution in [3.8, 4) is 0 Å². The molecule has 0 saturated carbocycles. The van der Waals surface area contributed by atoms with Crippen LogP contribution in [0.15, 0.2) is 30.9 Å². The molecule has 0 amide bonds. The Kier molecular flexibility index (Phi) is 4.01. The van der Waals surface area contributed by atoms with Gasteiger partial charge in [-0.25, -0.2) is 19.5 Å². The molecule has 1 aliphatic rings. The lowest BCUT2D eigenvalue weighted by molar-refractivity contribution is 0.562. The summed E-state index contributed by atoms with van der Waals surface area (Å²) in [5.41, 5.74) is 3.25. The summed E-state index contributed by atoms with van der Waals surface area (Å²) in [7, 11) is 0. The Morgan fingerprint density at radius 2 is 1.58 bits per heavy atom. The number of hydrogen-bond acceptors (Lipinski definition) is 6. The maximum atomic E-state index is 4.73. The van der Waals surface area contributed by atoms with Crippen molar-refractivity contribution in [2.75, 3.05) is 36.0 Å². The lowest BCUT2D eigenvalue weighted by Crippen LogP contribution is -2.47. The number of hydrogen-bond donors (Lipinski definition) is 0. The fraction of sp³-hybridized carbons (Fsp3) is 0.474. The van der Waals surface area contributed by atoms with Gasteiger partial charge in [-0.3, -0.25) is 0 Å². The summed E-state index contributed by atoms with van der Waals surface area (Å²) in [5, 5.41) is 4.73. The van der Waals surface area contributed by atoms with Crippen molar-refractivity contribution in [1.29, 1.82) is 0 Å². The van der Waals surface area contributed by atoms with Crippen LogP contribution >= 0.6 is 0 Å². The van der Waals surface area contributed by atoms with Gasteiger partial charge < -0.3 is 9.80 Å². The van der Waals surface area contributed by atoms with Crippen molar-refractivity contribution in [1.82, 2.24) is 24.6 Å². The summed E-state index contributed by atoms with van der Waals surface area (Å²) in [6, 6.07) is 2.16. The molecule has 1 fully saturated rings. The molecule has 0 aromatic carbocycles. The fourth-order valence-corrected chi connectivity index (χ4v) is 3.19. The molecule has 0 atom stereocenters. The van der Waals surface area contributed by atoms with E-state index in [4.69, 9.17) is 5.10 Å². The van der Waals surface area contributed by atoms with Crippen LogP contribution in [0, 0.1) is 6.92 Å². The summed E-state index contributed by atoms with van der Waals surface area (Å²) in [5.74, 6) is 1.81. The predicted octanol–water partition coefficient (Wildman–Crippen LogP) is 2.45. The molecular formula is C19H25N7. The van der Waals surface area contributed by atoms with Crippen molar-refractivity contribution >= 4 is 17.3 Å². The first kappa shape index (κ1) is 16.8. The van der Waals surface area contributed by atoms with Crippen LogP contribution in [0.25, 0.3) is 5.52 Å². The Morgan fingerprint density at radius 3 is 2.23 bits per heavy atom. The number of anilines is 2. The number of nitrogens with zero attached hydrogens (tertiary/aromatic N) is 7. The molecule has 0 bridgehead atoms. The molecule has 3 aromatic rings. The Hall–Kier alpha value is -2.70. The molecule has 26 heavy (non-hydrogen) atoms. The average molecular weight is 351 g/mol. The number of piperazine rings is 1. The molecule has 4 heterocycles.